The molecule has 1 amide bonds. The molecule has 0 bridgehead atoms. The average Bonchev–Trinajstić information content (AvgIpc) is 2.98. The van der Waals surface area contributed by atoms with Gasteiger partial charge < -0.3 is 14.4 Å². The molecule has 2 aromatic rings. The molecule has 0 aliphatic carbocycles. The number of carbonyl (C=O) groups excluding carboxylic acids is 1. The smallest absolute Gasteiger partial charge is 0.276 e. The number of fused-ring (bicyclic) bond motifs is 1. The molecule has 0 unspecified atom stereocenters. The number of hydrogen-bond donors (Lipinski definition) is 0. The van der Waals surface area contributed by atoms with Gasteiger partial charge >= 0.3 is 0 Å². The second kappa shape index (κ2) is 5.67. The average molecular weight is 302 g/mol. The predicted octanol–water partition coefficient (Wildman–Crippen LogP) is 1.03. The summed E-state index contributed by atoms with van der Waals surface area (Å²) in [6.07, 6.45) is 2.27. The molecule has 0 spiro atoms. The molecule has 1 aliphatic rings. The van der Waals surface area contributed by atoms with Crippen LogP contribution >= 0.6 is 0 Å². The normalized spacial score (nSPS) is 13.7. The molecule has 116 valence electrons. The van der Waals surface area contributed by atoms with E-state index in [1.165, 1.54) is 16.6 Å². The molecule has 2 heterocycles. The van der Waals surface area contributed by atoms with E-state index in [1.807, 2.05) is 12.1 Å². The van der Waals surface area contributed by atoms with E-state index in [1.54, 1.807) is 26.2 Å². The first-order chi connectivity index (χ1) is 10.6. The van der Waals surface area contributed by atoms with Crippen molar-refractivity contribution >= 4 is 5.91 Å². The molecule has 0 fully saturated rings. The SMILES string of the molecule is COc1cc2c(cc1OC)CN(C(=O)c1cnn(C)n1)CC2. The molecule has 0 saturated heterocycles. The lowest BCUT2D eigenvalue weighted by Gasteiger charge is -2.29. The van der Waals surface area contributed by atoms with Gasteiger partial charge in [-0.05, 0) is 29.7 Å². The van der Waals surface area contributed by atoms with Crippen LogP contribution < -0.4 is 9.47 Å². The van der Waals surface area contributed by atoms with Crippen LogP contribution in [0.15, 0.2) is 18.3 Å². The molecule has 1 aromatic heterocycles. The van der Waals surface area contributed by atoms with E-state index in [4.69, 9.17) is 9.47 Å². The first-order valence-electron chi connectivity index (χ1n) is 7.01. The van der Waals surface area contributed by atoms with Gasteiger partial charge in [0, 0.05) is 20.1 Å². The van der Waals surface area contributed by atoms with E-state index in [9.17, 15) is 4.79 Å². The minimum atomic E-state index is -0.103. The van der Waals surface area contributed by atoms with Crippen molar-refractivity contribution in [2.45, 2.75) is 13.0 Å². The number of aryl methyl sites for hydroxylation is 1. The Morgan fingerprint density at radius 3 is 2.45 bits per heavy atom. The van der Waals surface area contributed by atoms with Crippen LogP contribution in [0.2, 0.25) is 0 Å². The van der Waals surface area contributed by atoms with Gasteiger partial charge in [-0.25, -0.2) is 0 Å². The van der Waals surface area contributed by atoms with Crippen LogP contribution in [0.1, 0.15) is 21.6 Å². The summed E-state index contributed by atoms with van der Waals surface area (Å²) in [4.78, 5) is 15.6. The number of nitrogens with zero attached hydrogens (tertiary/aromatic N) is 4. The lowest BCUT2D eigenvalue weighted by atomic mass is 9.98. The standard InChI is InChI=1S/C15H18N4O3/c1-18-16-8-12(17-18)15(20)19-5-4-10-6-13(21-2)14(22-3)7-11(10)9-19/h6-8H,4-5,9H2,1-3H3. The molecule has 7 nitrogen and oxygen atoms in total. The van der Waals surface area contributed by atoms with Crippen molar-refractivity contribution in [3.63, 3.8) is 0 Å². The zero-order valence-electron chi connectivity index (χ0n) is 12.9. The molecular weight excluding hydrogens is 284 g/mol. The highest BCUT2D eigenvalue weighted by atomic mass is 16.5. The van der Waals surface area contributed by atoms with Crippen LogP contribution in [0, 0.1) is 0 Å². The number of hydrogen-bond acceptors (Lipinski definition) is 5. The Kier molecular flexibility index (Phi) is 3.70. The molecular formula is C15H18N4O3. The van der Waals surface area contributed by atoms with Crippen molar-refractivity contribution in [1.82, 2.24) is 19.9 Å². The van der Waals surface area contributed by atoms with Gasteiger partial charge in [0.15, 0.2) is 17.2 Å². The van der Waals surface area contributed by atoms with Gasteiger partial charge in [-0.15, -0.1) is 5.10 Å². The van der Waals surface area contributed by atoms with Gasteiger partial charge in [-0.1, -0.05) is 0 Å². The highest BCUT2D eigenvalue weighted by molar-refractivity contribution is 5.92. The van der Waals surface area contributed by atoms with E-state index in [0.717, 1.165) is 17.7 Å². The van der Waals surface area contributed by atoms with Gasteiger partial charge in [-0.3, -0.25) is 4.79 Å². The zero-order chi connectivity index (χ0) is 15.7. The molecule has 7 heteroatoms. The van der Waals surface area contributed by atoms with E-state index >= 15 is 0 Å². The number of benzene rings is 1. The van der Waals surface area contributed by atoms with E-state index in [2.05, 4.69) is 10.2 Å². The summed E-state index contributed by atoms with van der Waals surface area (Å²) in [7, 11) is 4.92. The Balaban J connectivity index is 1.85. The maximum Gasteiger partial charge on any atom is 0.276 e. The summed E-state index contributed by atoms with van der Waals surface area (Å²) >= 11 is 0. The fraction of sp³-hybridized carbons (Fsp3) is 0.400. The summed E-state index contributed by atoms with van der Waals surface area (Å²) in [5, 5.41) is 8.02. The predicted molar refractivity (Wildman–Crippen MR) is 79.0 cm³/mol. The molecule has 0 N–H and O–H groups in total. The third kappa shape index (κ3) is 2.49. The minimum Gasteiger partial charge on any atom is -0.493 e. The molecule has 0 saturated carbocycles. The highest BCUT2D eigenvalue weighted by Crippen LogP contribution is 2.33. The highest BCUT2D eigenvalue weighted by Gasteiger charge is 2.25. The zero-order valence-corrected chi connectivity index (χ0v) is 12.9. The van der Waals surface area contributed by atoms with Crippen molar-refractivity contribution in [1.29, 1.82) is 0 Å². The molecule has 22 heavy (non-hydrogen) atoms. The lowest BCUT2D eigenvalue weighted by molar-refractivity contribution is 0.0727. The number of carbonyl (C=O) groups is 1. The Morgan fingerprint density at radius 1 is 1.18 bits per heavy atom. The van der Waals surface area contributed by atoms with E-state index in [-0.39, 0.29) is 5.91 Å². The Morgan fingerprint density at radius 2 is 1.86 bits per heavy atom. The van der Waals surface area contributed by atoms with Crippen LogP contribution in [0.25, 0.3) is 0 Å². The number of ether oxygens (including phenoxy) is 2. The topological polar surface area (TPSA) is 69.5 Å². The van der Waals surface area contributed by atoms with Gasteiger partial charge in [0.2, 0.25) is 0 Å². The summed E-state index contributed by atoms with van der Waals surface area (Å²) < 4.78 is 10.7. The summed E-state index contributed by atoms with van der Waals surface area (Å²) in [6.45, 7) is 1.18. The number of rotatable bonds is 3. The van der Waals surface area contributed by atoms with Crippen molar-refractivity contribution in [2.24, 2.45) is 7.05 Å². The van der Waals surface area contributed by atoms with Crippen LogP contribution in [-0.2, 0) is 20.0 Å². The largest absolute Gasteiger partial charge is 0.493 e. The van der Waals surface area contributed by atoms with Crippen molar-refractivity contribution in [2.75, 3.05) is 20.8 Å². The Bertz CT molecular complexity index is 711. The second-order valence-corrected chi connectivity index (χ2v) is 5.17. The van der Waals surface area contributed by atoms with Gasteiger partial charge in [0.05, 0.1) is 20.4 Å². The van der Waals surface area contributed by atoms with Gasteiger partial charge in [0.25, 0.3) is 5.91 Å². The van der Waals surface area contributed by atoms with Crippen LogP contribution in [0.3, 0.4) is 0 Å². The third-order valence-corrected chi connectivity index (χ3v) is 3.82. The fourth-order valence-electron chi connectivity index (χ4n) is 2.66. The van der Waals surface area contributed by atoms with Crippen LogP contribution in [0.4, 0.5) is 0 Å². The number of methoxy groups -OCH3 is 2. The Hall–Kier alpha value is -2.57. The van der Waals surface area contributed by atoms with Crippen molar-refractivity contribution in [3.8, 4) is 11.5 Å². The summed E-state index contributed by atoms with van der Waals surface area (Å²) in [5.74, 6) is 1.29. The third-order valence-electron chi connectivity index (χ3n) is 3.82. The fourth-order valence-corrected chi connectivity index (χ4v) is 2.66. The summed E-state index contributed by atoms with van der Waals surface area (Å²) in [6, 6.07) is 3.92. The lowest BCUT2D eigenvalue weighted by Crippen LogP contribution is -2.36. The quantitative estimate of drug-likeness (QED) is 0.847. The van der Waals surface area contributed by atoms with Crippen LogP contribution in [-0.4, -0.2) is 46.6 Å². The first kappa shape index (κ1) is 14.4. The first-order valence-corrected chi connectivity index (χ1v) is 7.01. The van der Waals surface area contributed by atoms with Gasteiger partial charge in [0.1, 0.15) is 0 Å². The molecule has 3 rings (SSSR count). The summed E-state index contributed by atoms with van der Waals surface area (Å²) in [5.41, 5.74) is 2.62. The second-order valence-electron chi connectivity index (χ2n) is 5.17. The van der Waals surface area contributed by atoms with Crippen molar-refractivity contribution in [3.05, 3.63) is 35.2 Å². The number of amides is 1. The molecule has 1 aliphatic heterocycles. The maximum absolute atomic E-state index is 12.5. The molecule has 0 atom stereocenters. The minimum absolute atomic E-state index is 0.103. The van der Waals surface area contributed by atoms with Gasteiger partial charge in [-0.2, -0.15) is 9.90 Å². The Labute approximate surface area is 128 Å². The van der Waals surface area contributed by atoms with Crippen molar-refractivity contribution < 1.29 is 14.3 Å². The molecule has 1 aromatic carbocycles. The van der Waals surface area contributed by atoms with E-state index < -0.39 is 0 Å². The number of aromatic nitrogens is 3. The molecule has 0 radical (unpaired) electrons. The van der Waals surface area contributed by atoms with E-state index in [0.29, 0.717) is 24.5 Å². The maximum atomic E-state index is 12.5. The monoisotopic (exact) mass is 302 g/mol. The van der Waals surface area contributed by atoms with Crippen LogP contribution in [0.5, 0.6) is 11.5 Å².